The molecule has 0 radical (unpaired) electrons. The number of ketones is 1. The number of amides is 4. The van der Waals surface area contributed by atoms with Crippen LogP contribution < -0.4 is 14.8 Å². The van der Waals surface area contributed by atoms with Gasteiger partial charge in [-0.25, -0.2) is 18.1 Å². The Hall–Kier alpha value is -3.19. The number of unbranched alkanes of at least 4 members (excludes halogenated alkanes) is 9. The number of imide groups is 1. The number of urea groups is 1. The van der Waals surface area contributed by atoms with E-state index in [0.29, 0.717) is 11.3 Å². The van der Waals surface area contributed by atoms with Crippen molar-refractivity contribution in [1.82, 2.24) is 9.80 Å². The average Bonchev–Trinajstić information content (AvgIpc) is 3.16. The van der Waals surface area contributed by atoms with Crippen LogP contribution in [0, 0.1) is 5.41 Å². The Morgan fingerprint density at radius 1 is 0.955 bits per heavy atom. The van der Waals surface area contributed by atoms with E-state index in [-0.39, 0.29) is 22.9 Å². The molecule has 0 bridgehead atoms. The van der Waals surface area contributed by atoms with E-state index in [1.54, 1.807) is 20.8 Å². The highest BCUT2D eigenvalue weighted by Crippen LogP contribution is 2.31. The van der Waals surface area contributed by atoms with E-state index in [1.807, 2.05) is 0 Å². The number of sulfonamides is 1. The predicted molar refractivity (Wildman–Crippen MR) is 170 cm³/mol. The number of hydrogen-bond acceptors (Lipinski definition) is 8. The second-order valence-electron chi connectivity index (χ2n) is 12.2. The van der Waals surface area contributed by atoms with Gasteiger partial charge < -0.3 is 14.8 Å². The van der Waals surface area contributed by atoms with Crippen LogP contribution in [0.5, 0.6) is 5.75 Å². The smallest absolute Gasteiger partial charge is 0.330 e. The zero-order valence-corrected chi connectivity index (χ0v) is 28.1. The van der Waals surface area contributed by atoms with Crippen LogP contribution in [0.15, 0.2) is 18.2 Å². The molecule has 1 aromatic carbocycles. The summed E-state index contributed by atoms with van der Waals surface area (Å²) < 4.78 is 38.6. The van der Waals surface area contributed by atoms with Crippen LogP contribution in [0.2, 0.25) is 0 Å². The summed E-state index contributed by atoms with van der Waals surface area (Å²) in [5.74, 6) is -2.34. The Balaban J connectivity index is 2.13. The number of likely N-dealkylation sites (N-methyl/N-ethyl adjacent to an activating group) is 1. The van der Waals surface area contributed by atoms with Crippen molar-refractivity contribution in [3.8, 4) is 5.75 Å². The highest BCUT2D eigenvalue weighted by atomic mass is 32.2. The molecule has 248 valence electrons. The molecule has 1 aliphatic heterocycles. The highest BCUT2D eigenvalue weighted by molar-refractivity contribution is 7.92. The number of anilines is 2. The van der Waals surface area contributed by atoms with Gasteiger partial charge in [-0.05, 0) is 24.6 Å². The van der Waals surface area contributed by atoms with Gasteiger partial charge in [0.2, 0.25) is 16.3 Å². The van der Waals surface area contributed by atoms with Crippen LogP contribution in [-0.2, 0) is 29.1 Å². The van der Waals surface area contributed by atoms with Crippen LogP contribution in [0.25, 0.3) is 0 Å². The van der Waals surface area contributed by atoms with Crippen molar-refractivity contribution >= 4 is 45.0 Å². The molecular weight excluding hydrogens is 588 g/mol. The standard InChI is InChI=1S/C31H50N4O8S/c1-8-9-10-11-12-13-14-15-16-17-20-44(40,41)33-22-18-19-24(42-6)23(21-22)32-27(37)25(26(36)31(2,3)4)35-28(38)29(43-7)34(5)30(35)39/h18-19,21,25,29,33H,8-17,20H2,1-7H3,(H,32,37). The molecule has 1 heterocycles. The second-order valence-corrected chi connectivity index (χ2v) is 14.1. The summed E-state index contributed by atoms with van der Waals surface area (Å²) in [7, 11) is 0.264. The molecule has 44 heavy (non-hydrogen) atoms. The van der Waals surface area contributed by atoms with Crippen molar-refractivity contribution in [2.75, 3.05) is 37.1 Å². The molecule has 1 aliphatic rings. The molecule has 1 fully saturated rings. The number of ether oxygens (including phenoxy) is 2. The van der Waals surface area contributed by atoms with Gasteiger partial charge in [0, 0.05) is 19.6 Å². The van der Waals surface area contributed by atoms with Gasteiger partial charge >= 0.3 is 6.03 Å². The molecule has 2 rings (SSSR count). The minimum Gasteiger partial charge on any atom is -0.495 e. The normalized spacial score (nSPS) is 16.3. The fourth-order valence-corrected chi connectivity index (χ4v) is 6.16. The van der Waals surface area contributed by atoms with Crippen molar-refractivity contribution < 1.29 is 37.1 Å². The minimum atomic E-state index is -3.67. The van der Waals surface area contributed by atoms with Gasteiger partial charge in [-0.1, -0.05) is 85.5 Å². The fraction of sp³-hybridized carbons (Fsp3) is 0.677. The second kappa shape index (κ2) is 16.8. The van der Waals surface area contributed by atoms with E-state index in [0.717, 1.165) is 24.2 Å². The van der Waals surface area contributed by atoms with Crippen molar-refractivity contribution in [3.63, 3.8) is 0 Å². The van der Waals surface area contributed by atoms with Gasteiger partial charge in [0.05, 0.1) is 24.2 Å². The molecular formula is C31H50N4O8S. The molecule has 0 aromatic heterocycles. The van der Waals surface area contributed by atoms with Gasteiger partial charge in [-0.2, -0.15) is 0 Å². The minimum absolute atomic E-state index is 0.0489. The van der Waals surface area contributed by atoms with Crippen LogP contribution in [-0.4, -0.2) is 81.1 Å². The third-order valence-electron chi connectivity index (χ3n) is 7.52. The van der Waals surface area contributed by atoms with E-state index in [2.05, 4.69) is 17.0 Å². The van der Waals surface area contributed by atoms with E-state index in [4.69, 9.17) is 9.47 Å². The van der Waals surface area contributed by atoms with E-state index >= 15 is 0 Å². The Morgan fingerprint density at radius 2 is 1.52 bits per heavy atom. The first-order valence-corrected chi connectivity index (χ1v) is 17.0. The molecule has 4 amide bonds. The van der Waals surface area contributed by atoms with Crippen molar-refractivity contribution in [2.45, 2.75) is 104 Å². The molecule has 12 nitrogen and oxygen atoms in total. The number of rotatable bonds is 19. The van der Waals surface area contributed by atoms with Crippen LogP contribution >= 0.6 is 0 Å². The average molecular weight is 639 g/mol. The van der Waals surface area contributed by atoms with Crippen molar-refractivity contribution in [2.24, 2.45) is 5.41 Å². The Bertz CT molecular complexity index is 1260. The quantitative estimate of drug-likeness (QED) is 0.120. The number of benzene rings is 1. The zero-order chi connectivity index (χ0) is 33.1. The highest BCUT2D eigenvalue weighted by Gasteiger charge is 2.52. The van der Waals surface area contributed by atoms with Gasteiger partial charge in [0.15, 0.2) is 11.8 Å². The van der Waals surface area contributed by atoms with Gasteiger partial charge in [-0.15, -0.1) is 0 Å². The first-order valence-electron chi connectivity index (χ1n) is 15.3. The molecule has 0 aliphatic carbocycles. The summed E-state index contributed by atoms with van der Waals surface area (Å²) in [5.41, 5.74) is -0.860. The summed E-state index contributed by atoms with van der Waals surface area (Å²) >= 11 is 0. The largest absolute Gasteiger partial charge is 0.495 e. The molecule has 0 saturated carbocycles. The van der Waals surface area contributed by atoms with Gasteiger partial charge in [0.1, 0.15) is 5.75 Å². The number of Topliss-reactive ketones (excluding diaryl/α,β-unsaturated/α-hetero) is 1. The van der Waals surface area contributed by atoms with Crippen LogP contribution in [0.4, 0.5) is 16.2 Å². The number of carbonyl (C=O) groups is 4. The maximum absolute atomic E-state index is 13.6. The Morgan fingerprint density at radius 3 is 2.02 bits per heavy atom. The van der Waals surface area contributed by atoms with E-state index < -0.39 is 51.3 Å². The monoisotopic (exact) mass is 638 g/mol. The number of methoxy groups -OCH3 is 2. The lowest BCUT2D eigenvalue weighted by Gasteiger charge is -2.29. The molecule has 13 heteroatoms. The summed E-state index contributed by atoms with van der Waals surface area (Å²) in [6.07, 6.45) is 9.55. The predicted octanol–water partition coefficient (Wildman–Crippen LogP) is 5.15. The van der Waals surface area contributed by atoms with E-state index in [1.165, 1.54) is 78.0 Å². The SMILES string of the molecule is CCCCCCCCCCCCS(=O)(=O)Nc1ccc(OC)c(NC(=O)C(C(=O)C(C)(C)C)N2C(=O)C(OC)N(C)C2=O)c1. The number of nitrogens with one attached hydrogen (secondary N) is 2. The Labute approximate surface area is 262 Å². The summed E-state index contributed by atoms with van der Waals surface area (Å²) in [6, 6.07) is 1.66. The first-order chi connectivity index (χ1) is 20.7. The number of hydrogen-bond donors (Lipinski definition) is 2. The molecule has 2 unspecified atom stereocenters. The van der Waals surface area contributed by atoms with Crippen LogP contribution in [0.3, 0.4) is 0 Å². The van der Waals surface area contributed by atoms with Crippen LogP contribution in [0.1, 0.15) is 91.9 Å². The first kappa shape index (κ1) is 37.0. The lowest BCUT2D eigenvalue weighted by molar-refractivity contribution is -0.148. The lowest BCUT2D eigenvalue weighted by Crippen LogP contribution is -2.55. The molecule has 2 N–H and O–H groups in total. The van der Waals surface area contributed by atoms with Gasteiger partial charge in [-0.3, -0.25) is 24.0 Å². The zero-order valence-electron chi connectivity index (χ0n) is 27.2. The fourth-order valence-electron chi connectivity index (χ4n) is 4.99. The maximum Gasteiger partial charge on any atom is 0.330 e. The maximum atomic E-state index is 13.6. The topological polar surface area (TPSA) is 151 Å². The molecule has 0 spiro atoms. The molecule has 1 aromatic rings. The summed E-state index contributed by atoms with van der Waals surface area (Å²) in [4.78, 5) is 54.7. The third-order valence-corrected chi connectivity index (χ3v) is 8.90. The number of nitrogens with zero attached hydrogens (tertiary/aromatic N) is 2. The number of carbonyl (C=O) groups excluding carboxylic acids is 4. The lowest BCUT2D eigenvalue weighted by atomic mass is 9.85. The summed E-state index contributed by atoms with van der Waals surface area (Å²) in [5, 5.41) is 2.57. The van der Waals surface area contributed by atoms with Crippen molar-refractivity contribution in [1.29, 1.82) is 0 Å². The third kappa shape index (κ3) is 10.2. The molecule has 2 atom stereocenters. The van der Waals surface area contributed by atoms with Gasteiger partial charge in [0.25, 0.3) is 11.8 Å². The summed E-state index contributed by atoms with van der Waals surface area (Å²) in [6.45, 7) is 6.91. The van der Waals surface area contributed by atoms with E-state index in [9.17, 15) is 27.6 Å². The Kier molecular flexibility index (Phi) is 14.1. The van der Waals surface area contributed by atoms with Crippen molar-refractivity contribution in [3.05, 3.63) is 18.2 Å². The molecule has 1 saturated heterocycles.